The fraction of sp³-hybridized carbons (Fsp3) is 0.0714. The first-order valence-corrected chi connectivity index (χ1v) is 6.01. The number of nitrogens with two attached hydrogens (primary N) is 1. The van der Waals surface area contributed by atoms with Crippen LogP contribution in [0, 0.1) is 5.82 Å². The third-order valence-electron chi connectivity index (χ3n) is 2.60. The molecule has 0 bridgehead atoms. The number of carbonyl (C=O) groups excluding carboxylic acids is 1. The van der Waals surface area contributed by atoms with Crippen LogP contribution in [0.15, 0.2) is 48.5 Å². The van der Waals surface area contributed by atoms with E-state index in [0.29, 0.717) is 16.3 Å². The molecular weight excluding hydrogens is 267 g/mol. The number of rotatable bonds is 4. The highest BCUT2D eigenvalue weighted by Gasteiger charge is 2.18. The second kappa shape index (κ2) is 5.71. The summed E-state index contributed by atoms with van der Waals surface area (Å²) in [7, 11) is 0. The van der Waals surface area contributed by atoms with Gasteiger partial charge in [0.25, 0.3) is 0 Å². The van der Waals surface area contributed by atoms with Crippen LogP contribution >= 0.6 is 11.6 Å². The molecule has 3 N–H and O–H groups in total. The normalized spacial score (nSPS) is 11.9. The van der Waals surface area contributed by atoms with Crippen LogP contribution in [0.2, 0.25) is 5.02 Å². The number of carbonyl (C=O) groups is 1. The number of nitrogens with one attached hydrogen (secondary N) is 1. The molecule has 0 aliphatic carbocycles. The summed E-state index contributed by atoms with van der Waals surface area (Å²) in [6.07, 6.45) is 0. The van der Waals surface area contributed by atoms with Gasteiger partial charge in [-0.05, 0) is 35.9 Å². The van der Waals surface area contributed by atoms with Gasteiger partial charge in [-0.2, -0.15) is 0 Å². The molecule has 0 aliphatic rings. The van der Waals surface area contributed by atoms with Crippen LogP contribution in [0.25, 0.3) is 0 Å². The molecule has 1 unspecified atom stereocenters. The molecule has 5 heteroatoms. The molecule has 2 aromatic rings. The van der Waals surface area contributed by atoms with Crippen LogP contribution < -0.4 is 11.1 Å². The maximum absolute atomic E-state index is 13.2. The monoisotopic (exact) mass is 278 g/mol. The van der Waals surface area contributed by atoms with Crippen molar-refractivity contribution in [3.8, 4) is 0 Å². The lowest BCUT2D eigenvalue weighted by molar-refractivity contribution is -0.118. The second-order valence-electron chi connectivity index (χ2n) is 4.05. The first kappa shape index (κ1) is 13.4. The van der Waals surface area contributed by atoms with Gasteiger partial charge < -0.3 is 11.1 Å². The first-order valence-electron chi connectivity index (χ1n) is 5.63. The molecule has 1 atom stereocenters. The van der Waals surface area contributed by atoms with E-state index in [-0.39, 0.29) is 0 Å². The predicted molar refractivity (Wildman–Crippen MR) is 73.4 cm³/mol. The topological polar surface area (TPSA) is 55.1 Å². The summed E-state index contributed by atoms with van der Waals surface area (Å²) in [5.41, 5.74) is 6.45. The van der Waals surface area contributed by atoms with Crippen LogP contribution in [-0.4, -0.2) is 5.91 Å². The van der Waals surface area contributed by atoms with Crippen molar-refractivity contribution < 1.29 is 9.18 Å². The Morgan fingerprint density at radius 1 is 1.21 bits per heavy atom. The van der Waals surface area contributed by atoms with Crippen molar-refractivity contribution in [2.75, 3.05) is 5.32 Å². The van der Waals surface area contributed by atoms with Crippen LogP contribution in [0.4, 0.5) is 10.1 Å². The van der Waals surface area contributed by atoms with Gasteiger partial charge in [0.1, 0.15) is 11.9 Å². The predicted octanol–water partition coefficient (Wildman–Crippen LogP) is 3.12. The van der Waals surface area contributed by atoms with E-state index in [1.54, 1.807) is 30.3 Å². The molecule has 0 fully saturated rings. The van der Waals surface area contributed by atoms with Crippen LogP contribution in [0.5, 0.6) is 0 Å². The minimum Gasteiger partial charge on any atom is -0.370 e. The van der Waals surface area contributed by atoms with Gasteiger partial charge in [-0.3, -0.25) is 4.79 Å². The lowest BCUT2D eigenvalue weighted by Gasteiger charge is -2.17. The molecule has 2 rings (SSSR count). The van der Waals surface area contributed by atoms with Crippen molar-refractivity contribution in [2.45, 2.75) is 6.04 Å². The molecule has 0 heterocycles. The number of anilines is 1. The lowest BCUT2D eigenvalue weighted by atomic mass is 10.1. The van der Waals surface area contributed by atoms with Crippen molar-refractivity contribution >= 4 is 23.2 Å². The summed E-state index contributed by atoms with van der Waals surface area (Å²) >= 11 is 5.86. The zero-order chi connectivity index (χ0) is 13.8. The maximum Gasteiger partial charge on any atom is 0.244 e. The molecule has 0 saturated heterocycles. The van der Waals surface area contributed by atoms with Crippen LogP contribution in [0.1, 0.15) is 11.6 Å². The molecule has 19 heavy (non-hydrogen) atoms. The summed E-state index contributed by atoms with van der Waals surface area (Å²) in [5, 5.41) is 3.47. The average molecular weight is 279 g/mol. The molecule has 3 nitrogen and oxygen atoms in total. The minimum atomic E-state index is -0.811. The van der Waals surface area contributed by atoms with Crippen molar-refractivity contribution in [2.24, 2.45) is 5.73 Å². The van der Waals surface area contributed by atoms with Crippen molar-refractivity contribution in [3.05, 3.63) is 64.9 Å². The fourth-order valence-electron chi connectivity index (χ4n) is 1.75. The highest BCUT2D eigenvalue weighted by Crippen LogP contribution is 2.22. The SMILES string of the molecule is NC(=O)C(Nc1cccc(Cl)c1)c1cccc(F)c1. The van der Waals surface area contributed by atoms with E-state index in [2.05, 4.69) is 5.32 Å². The Morgan fingerprint density at radius 2 is 1.95 bits per heavy atom. The second-order valence-corrected chi connectivity index (χ2v) is 4.48. The van der Waals surface area contributed by atoms with E-state index in [4.69, 9.17) is 17.3 Å². The number of amides is 1. The molecule has 2 aromatic carbocycles. The summed E-state index contributed by atoms with van der Waals surface area (Å²) in [5.74, 6) is -1.01. The Kier molecular flexibility index (Phi) is 4.02. The Hall–Kier alpha value is -2.07. The van der Waals surface area contributed by atoms with Crippen molar-refractivity contribution in [1.82, 2.24) is 0 Å². The van der Waals surface area contributed by atoms with Gasteiger partial charge in [0.2, 0.25) is 5.91 Å². The molecule has 0 aliphatic heterocycles. The van der Waals surface area contributed by atoms with E-state index in [0.717, 1.165) is 0 Å². The summed E-state index contributed by atoms with van der Waals surface area (Å²) in [6.45, 7) is 0. The number of primary amides is 1. The van der Waals surface area contributed by atoms with E-state index >= 15 is 0 Å². The van der Waals surface area contributed by atoms with E-state index in [9.17, 15) is 9.18 Å². The Bertz CT molecular complexity index is 604. The van der Waals surface area contributed by atoms with Gasteiger partial charge in [0.05, 0.1) is 0 Å². The first-order chi connectivity index (χ1) is 9.06. The zero-order valence-electron chi connectivity index (χ0n) is 9.94. The molecule has 0 spiro atoms. The van der Waals surface area contributed by atoms with Crippen molar-refractivity contribution in [3.63, 3.8) is 0 Å². The third-order valence-corrected chi connectivity index (χ3v) is 2.84. The number of benzene rings is 2. The largest absolute Gasteiger partial charge is 0.370 e. The van der Waals surface area contributed by atoms with Gasteiger partial charge in [-0.15, -0.1) is 0 Å². The standard InChI is InChI=1S/C14H12ClFN2O/c15-10-4-2-6-12(8-10)18-13(14(17)19)9-3-1-5-11(16)7-9/h1-8,13,18H,(H2,17,19). The Labute approximate surface area is 115 Å². The van der Waals surface area contributed by atoms with Crippen LogP contribution in [0.3, 0.4) is 0 Å². The molecule has 0 radical (unpaired) electrons. The fourth-order valence-corrected chi connectivity index (χ4v) is 1.94. The van der Waals surface area contributed by atoms with Gasteiger partial charge in [-0.25, -0.2) is 4.39 Å². The smallest absolute Gasteiger partial charge is 0.244 e. The molecule has 0 aromatic heterocycles. The summed E-state index contributed by atoms with van der Waals surface area (Å²) in [4.78, 5) is 11.5. The maximum atomic E-state index is 13.2. The number of halogens is 2. The highest BCUT2D eigenvalue weighted by atomic mass is 35.5. The molecule has 1 amide bonds. The van der Waals surface area contributed by atoms with Crippen LogP contribution in [-0.2, 0) is 4.79 Å². The summed E-state index contributed by atoms with van der Waals surface area (Å²) in [6, 6.07) is 11.8. The quantitative estimate of drug-likeness (QED) is 0.903. The number of hydrogen-bond donors (Lipinski definition) is 2. The highest BCUT2D eigenvalue weighted by molar-refractivity contribution is 6.30. The minimum absolute atomic E-state index is 0.420. The molecular formula is C14H12ClFN2O. The van der Waals surface area contributed by atoms with Gasteiger partial charge in [0.15, 0.2) is 0 Å². The van der Waals surface area contributed by atoms with Gasteiger partial charge >= 0.3 is 0 Å². The third kappa shape index (κ3) is 3.45. The van der Waals surface area contributed by atoms with E-state index < -0.39 is 17.8 Å². The zero-order valence-corrected chi connectivity index (χ0v) is 10.7. The Morgan fingerprint density at radius 3 is 2.58 bits per heavy atom. The molecule has 98 valence electrons. The van der Waals surface area contributed by atoms with Gasteiger partial charge in [0, 0.05) is 10.7 Å². The lowest BCUT2D eigenvalue weighted by Crippen LogP contribution is -2.27. The molecule has 0 saturated carbocycles. The average Bonchev–Trinajstić information content (AvgIpc) is 2.35. The Balaban J connectivity index is 2.29. The summed E-state index contributed by atoms with van der Waals surface area (Å²) < 4.78 is 13.2. The van der Waals surface area contributed by atoms with E-state index in [1.165, 1.54) is 18.2 Å². The van der Waals surface area contributed by atoms with Crippen molar-refractivity contribution in [1.29, 1.82) is 0 Å². The number of hydrogen-bond acceptors (Lipinski definition) is 2. The van der Waals surface area contributed by atoms with E-state index in [1.807, 2.05) is 0 Å². The van der Waals surface area contributed by atoms with Gasteiger partial charge in [-0.1, -0.05) is 29.8 Å².